The second-order valence-corrected chi connectivity index (χ2v) is 2.36. The molecule has 0 fully saturated rings. The van der Waals surface area contributed by atoms with Crippen molar-refractivity contribution >= 4 is 5.97 Å². The highest BCUT2D eigenvalue weighted by atomic mass is 16.5. The normalized spacial score (nSPS) is 23.1. The molecule has 0 aromatic rings. The maximum atomic E-state index is 11.0. The molecule has 0 radical (unpaired) electrons. The highest BCUT2D eigenvalue weighted by Crippen LogP contribution is 2.17. The van der Waals surface area contributed by atoms with Crippen LogP contribution in [0.4, 0.5) is 0 Å². The van der Waals surface area contributed by atoms with Gasteiger partial charge < -0.3 is 4.74 Å². The Hall–Kier alpha value is -0.790. The lowest BCUT2D eigenvalue weighted by Gasteiger charge is -2.04. The molecule has 0 saturated heterocycles. The van der Waals surface area contributed by atoms with Crippen molar-refractivity contribution in [1.29, 1.82) is 0 Å². The lowest BCUT2D eigenvalue weighted by Crippen LogP contribution is -2.13. The van der Waals surface area contributed by atoms with Crippen molar-refractivity contribution in [2.24, 2.45) is 5.92 Å². The fourth-order valence-corrected chi connectivity index (χ4v) is 1.08. The highest BCUT2D eigenvalue weighted by Gasteiger charge is 2.18. The van der Waals surface area contributed by atoms with Crippen LogP contribution in [0.25, 0.3) is 0 Å². The summed E-state index contributed by atoms with van der Waals surface area (Å²) in [5.41, 5.74) is 0. The van der Waals surface area contributed by atoms with Crippen LogP contribution in [0.5, 0.6) is 0 Å². The van der Waals surface area contributed by atoms with Crippen LogP contribution < -0.4 is 0 Å². The molecular formula is C8H12O2. The predicted octanol–water partition coefficient (Wildman–Crippen LogP) is 1.52. The molecule has 10 heavy (non-hydrogen) atoms. The van der Waals surface area contributed by atoms with E-state index < -0.39 is 0 Å². The number of esters is 1. The summed E-state index contributed by atoms with van der Waals surface area (Å²) in [6.45, 7) is 2.32. The lowest BCUT2D eigenvalue weighted by atomic mass is 10.1. The quantitative estimate of drug-likeness (QED) is 0.429. The molecule has 2 nitrogen and oxygen atoms in total. The van der Waals surface area contributed by atoms with Gasteiger partial charge in [-0.3, -0.25) is 4.79 Å². The molecular weight excluding hydrogens is 128 g/mol. The molecule has 0 aromatic heterocycles. The fraction of sp³-hybridized carbons (Fsp3) is 0.625. The summed E-state index contributed by atoms with van der Waals surface area (Å²) in [5, 5.41) is 0. The van der Waals surface area contributed by atoms with Gasteiger partial charge in [0.1, 0.15) is 0 Å². The Morgan fingerprint density at radius 3 is 3.10 bits per heavy atom. The van der Waals surface area contributed by atoms with Crippen molar-refractivity contribution in [3.63, 3.8) is 0 Å². The number of carbonyl (C=O) groups excluding carboxylic acids is 1. The van der Waals surface area contributed by atoms with Gasteiger partial charge in [-0.1, -0.05) is 12.2 Å². The SMILES string of the molecule is CCOC(=O)[C@H]1C=CCC1. The summed E-state index contributed by atoms with van der Waals surface area (Å²) in [4.78, 5) is 11.0. The lowest BCUT2D eigenvalue weighted by molar-refractivity contribution is -0.146. The van der Waals surface area contributed by atoms with Crippen molar-refractivity contribution in [3.05, 3.63) is 12.2 Å². The number of allylic oxidation sites excluding steroid dienone is 1. The highest BCUT2D eigenvalue weighted by molar-refractivity contribution is 5.74. The van der Waals surface area contributed by atoms with E-state index in [-0.39, 0.29) is 11.9 Å². The fourth-order valence-electron chi connectivity index (χ4n) is 1.08. The van der Waals surface area contributed by atoms with Crippen molar-refractivity contribution in [2.75, 3.05) is 6.61 Å². The maximum absolute atomic E-state index is 11.0. The average Bonchev–Trinajstić information content (AvgIpc) is 2.38. The number of carbonyl (C=O) groups is 1. The largest absolute Gasteiger partial charge is 0.466 e. The summed E-state index contributed by atoms with van der Waals surface area (Å²) >= 11 is 0. The first-order chi connectivity index (χ1) is 4.84. The molecule has 0 N–H and O–H groups in total. The van der Waals surface area contributed by atoms with Crippen LogP contribution in [-0.4, -0.2) is 12.6 Å². The molecule has 0 spiro atoms. The van der Waals surface area contributed by atoms with E-state index in [4.69, 9.17) is 4.74 Å². The third kappa shape index (κ3) is 1.59. The predicted molar refractivity (Wildman–Crippen MR) is 38.5 cm³/mol. The van der Waals surface area contributed by atoms with E-state index in [2.05, 4.69) is 0 Å². The first kappa shape index (κ1) is 7.32. The molecule has 0 bridgehead atoms. The van der Waals surface area contributed by atoms with Crippen LogP contribution in [0.3, 0.4) is 0 Å². The summed E-state index contributed by atoms with van der Waals surface area (Å²) in [7, 11) is 0. The standard InChI is InChI=1S/C8H12O2/c1-2-10-8(9)7-5-3-4-6-7/h3,5,7H,2,4,6H2,1H3/t7-/m0/s1. The molecule has 2 heteroatoms. The average molecular weight is 140 g/mol. The zero-order chi connectivity index (χ0) is 7.40. The smallest absolute Gasteiger partial charge is 0.312 e. The molecule has 0 heterocycles. The number of hydrogen-bond acceptors (Lipinski definition) is 2. The summed E-state index contributed by atoms with van der Waals surface area (Å²) in [6, 6.07) is 0. The van der Waals surface area contributed by atoms with E-state index in [0.29, 0.717) is 6.61 Å². The van der Waals surface area contributed by atoms with Crippen LogP contribution in [-0.2, 0) is 9.53 Å². The Kier molecular flexibility index (Phi) is 2.49. The Labute approximate surface area is 60.9 Å². The van der Waals surface area contributed by atoms with Gasteiger partial charge in [0.2, 0.25) is 0 Å². The van der Waals surface area contributed by atoms with Gasteiger partial charge in [0.15, 0.2) is 0 Å². The van der Waals surface area contributed by atoms with Gasteiger partial charge in [-0.25, -0.2) is 0 Å². The molecule has 0 aromatic carbocycles. The van der Waals surface area contributed by atoms with Crippen molar-refractivity contribution in [1.82, 2.24) is 0 Å². The van der Waals surface area contributed by atoms with E-state index >= 15 is 0 Å². The molecule has 1 rings (SSSR count). The molecule has 1 aliphatic carbocycles. The third-order valence-corrected chi connectivity index (χ3v) is 1.60. The van der Waals surface area contributed by atoms with Gasteiger partial charge in [0, 0.05) is 0 Å². The van der Waals surface area contributed by atoms with Gasteiger partial charge in [0.05, 0.1) is 12.5 Å². The maximum Gasteiger partial charge on any atom is 0.312 e. The van der Waals surface area contributed by atoms with Gasteiger partial charge in [-0.2, -0.15) is 0 Å². The Balaban J connectivity index is 2.33. The molecule has 0 aliphatic heterocycles. The number of rotatable bonds is 2. The van der Waals surface area contributed by atoms with Gasteiger partial charge in [0.25, 0.3) is 0 Å². The second-order valence-electron chi connectivity index (χ2n) is 2.36. The Morgan fingerprint density at radius 2 is 2.60 bits per heavy atom. The van der Waals surface area contributed by atoms with Gasteiger partial charge in [-0.15, -0.1) is 0 Å². The molecule has 56 valence electrons. The molecule has 0 saturated carbocycles. The van der Waals surface area contributed by atoms with Crippen molar-refractivity contribution in [3.8, 4) is 0 Å². The minimum Gasteiger partial charge on any atom is -0.466 e. The zero-order valence-corrected chi connectivity index (χ0v) is 6.17. The summed E-state index contributed by atoms with van der Waals surface area (Å²) in [6.07, 6.45) is 5.90. The van der Waals surface area contributed by atoms with E-state index in [1.807, 2.05) is 19.1 Å². The van der Waals surface area contributed by atoms with Crippen molar-refractivity contribution in [2.45, 2.75) is 19.8 Å². The number of hydrogen-bond donors (Lipinski definition) is 0. The molecule has 1 atom stereocenters. The van der Waals surface area contributed by atoms with Crippen molar-refractivity contribution < 1.29 is 9.53 Å². The topological polar surface area (TPSA) is 26.3 Å². The first-order valence-corrected chi connectivity index (χ1v) is 3.68. The van der Waals surface area contributed by atoms with Crippen LogP contribution in [0.2, 0.25) is 0 Å². The number of ether oxygens (including phenoxy) is 1. The minimum absolute atomic E-state index is 0.0416. The Morgan fingerprint density at radius 1 is 1.80 bits per heavy atom. The molecule has 1 aliphatic rings. The zero-order valence-electron chi connectivity index (χ0n) is 6.17. The second kappa shape index (κ2) is 3.40. The summed E-state index contributed by atoms with van der Waals surface area (Å²) in [5.74, 6) is -0.0313. The van der Waals surface area contributed by atoms with E-state index in [9.17, 15) is 4.79 Å². The van der Waals surface area contributed by atoms with E-state index in [0.717, 1.165) is 12.8 Å². The minimum atomic E-state index is -0.0729. The van der Waals surface area contributed by atoms with Gasteiger partial charge >= 0.3 is 5.97 Å². The van der Waals surface area contributed by atoms with Gasteiger partial charge in [-0.05, 0) is 19.8 Å². The summed E-state index contributed by atoms with van der Waals surface area (Å²) < 4.78 is 4.84. The van der Waals surface area contributed by atoms with Crippen LogP contribution in [0.1, 0.15) is 19.8 Å². The van der Waals surface area contributed by atoms with E-state index in [1.165, 1.54) is 0 Å². The molecule has 0 unspecified atom stereocenters. The van der Waals surface area contributed by atoms with E-state index in [1.54, 1.807) is 0 Å². The van der Waals surface area contributed by atoms with Crippen LogP contribution in [0.15, 0.2) is 12.2 Å². The molecule has 0 amide bonds. The third-order valence-electron chi connectivity index (χ3n) is 1.60. The Bertz CT molecular complexity index is 149. The first-order valence-electron chi connectivity index (χ1n) is 3.68. The monoisotopic (exact) mass is 140 g/mol. The van der Waals surface area contributed by atoms with Crippen LogP contribution in [0, 0.1) is 5.92 Å². The van der Waals surface area contributed by atoms with Crippen LogP contribution >= 0.6 is 0 Å².